The average molecular weight is 549 g/mol. The van der Waals surface area contributed by atoms with Gasteiger partial charge < -0.3 is 34.9 Å². The van der Waals surface area contributed by atoms with Gasteiger partial charge in [-0.3, -0.25) is 9.59 Å². The zero-order chi connectivity index (χ0) is 28.2. The molecular formula is C29H36N6O5. The molecule has 2 aliphatic heterocycles. The van der Waals surface area contributed by atoms with Crippen LogP contribution in [0.15, 0.2) is 30.3 Å². The number of carbonyl (C=O) groups is 3. The van der Waals surface area contributed by atoms with Gasteiger partial charge in [0.25, 0.3) is 5.91 Å². The SMILES string of the molecule is COCCc1nc2c(C)cc(C(=O)NCC(=O)N3CCC(N4CCc5cc(OC)ccc5NC4=O)CC3)cc2[nH]1. The summed E-state index contributed by atoms with van der Waals surface area (Å²) in [4.78, 5) is 50.2. The number of carbonyl (C=O) groups excluding carboxylic acids is 3. The molecule has 5 rings (SSSR count). The van der Waals surface area contributed by atoms with Crippen LogP contribution in [0.4, 0.5) is 10.5 Å². The second kappa shape index (κ2) is 12.0. The third-order valence-corrected chi connectivity index (χ3v) is 7.73. The molecule has 11 nitrogen and oxygen atoms in total. The highest BCUT2D eigenvalue weighted by Crippen LogP contribution is 2.28. The van der Waals surface area contributed by atoms with E-state index in [-0.39, 0.29) is 30.4 Å². The van der Waals surface area contributed by atoms with Crippen LogP contribution in [0.3, 0.4) is 0 Å². The van der Waals surface area contributed by atoms with E-state index >= 15 is 0 Å². The lowest BCUT2D eigenvalue weighted by atomic mass is 10.0. The fourth-order valence-electron chi connectivity index (χ4n) is 5.49. The lowest BCUT2D eigenvalue weighted by Gasteiger charge is -2.38. The molecule has 0 unspecified atom stereocenters. The molecule has 3 heterocycles. The number of aryl methyl sites for hydroxylation is 1. The molecule has 3 aromatic rings. The van der Waals surface area contributed by atoms with E-state index in [0.29, 0.717) is 51.1 Å². The largest absolute Gasteiger partial charge is 0.497 e. The maximum absolute atomic E-state index is 13.0. The molecule has 0 saturated carbocycles. The number of nitrogens with zero attached hydrogens (tertiary/aromatic N) is 3. The Morgan fingerprint density at radius 3 is 2.67 bits per heavy atom. The lowest BCUT2D eigenvalue weighted by molar-refractivity contribution is -0.131. The van der Waals surface area contributed by atoms with E-state index in [9.17, 15) is 14.4 Å². The van der Waals surface area contributed by atoms with Gasteiger partial charge in [0.15, 0.2) is 0 Å². The monoisotopic (exact) mass is 548 g/mol. The number of anilines is 1. The molecule has 212 valence electrons. The minimum Gasteiger partial charge on any atom is -0.497 e. The number of fused-ring (bicyclic) bond motifs is 2. The second-order valence-electron chi connectivity index (χ2n) is 10.3. The first-order valence-electron chi connectivity index (χ1n) is 13.6. The van der Waals surface area contributed by atoms with E-state index in [0.717, 1.165) is 45.8 Å². The zero-order valence-electron chi connectivity index (χ0n) is 23.2. The summed E-state index contributed by atoms with van der Waals surface area (Å²) in [6, 6.07) is 9.16. The quantitative estimate of drug-likeness (QED) is 0.397. The molecule has 2 aliphatic rings. The van der Waals surface area contributed by atoms with Crippen molar-refractivity contribution in [2.75, 3.05) is 52.3 Å². The van der Waals surface area contributed by atoms with Gasteiger partial charge in [0.1, 0.15) is 11.6 Å². The number of hydrogen-bond acceptors (Lipinski definition) is 6. The van der Waals surface area contributed by atoms with Crippen molar-refractivity contribution in [3.63, 3.8) is 0 Å². The van der Waals surface area contributed by atoms with E-state index in [2.05, 4.69) is 20.6 Å². The number of ether oxygens (including phenoxy) is 2. The normalized spacial score (nSPS) is 15.9. The Bertz CT molecular complexity index is 1410. The number of nitrogens with one attached hydrogen (secondary N) is 3. The van der Waals surface area contributed by atoms with Crippen LogP contribution < -0.4 is 15.4 Å². The Labute approximate surface area is 233 Å². The van der Waals surface area contributed by atoms with Crippen molar-refractivity contribution in [1.29, 1.82) is 0 Å². The molecule has 0 atom stereocenters. The van der Waals surface area contributed by atoms with E-state index in [1.165, 1.54) is 0 Å². The molecule has 3 N–H and O–H groups in total. The standard InChI is InChI=1S/C29H36N6O5/c1-18-14-20(16-24-27(18)33-25(31-24)9-13-39-2)28(37)30-17-26(36)34-10-7-21(8-11-34)35-12-6-19-15-22(40-3)4-5-23(19)32-29(35)38/h4-5,14-16,21H,6-13,17H2,1-3H3,(H,30,37)(H,31,33)(H,32,38). The number of rotatable bonds is 8. The summed E-state index contributed by atoms with van der Waals surface area (Å²) in [5, 5.41) is 5.79. The number of aromatic amines is 1. The summed E-state index contributed by atoms with van der Waals surface area (Å²) >= 11 is 0. The van der Waals surface area contributed by atoms with E-state index in [1.807, 2.05) is 30.0 Å². The molecule has 0 spiro atoms. The molecule has 0 bridgehead atoms. The maximum atomic E-state index is 13.0. The molecule has 1 aromatic heterocycles. The van der Waals surface area contributed by atoms with Crippen molar-refractivity contribution in [3.05, 3.63) is 52.8 Å². The average Bonchev–Trinajstić information content (AvgIpc) is 3.31. The van der Waals surface area contributed by atoms with E-state index < -0.39 is 0 Å². The molecule has 1 saturated heterocycles. The predicted octanol–water partition coefficient (Wildman–Crippen LogP) is 2.88. The Hall–Kier alpha value is -4.12. The van der Waals surface area contributed by atoms with Gasteiger partial charge in [-0.2, -0.15) is 0 Å². The van der Waals surface area contributed by atoms with Crippen molar-refractivity contribution < 1.29 is 23.9 Å². The summed E-state index contributed by atoms with van der Waals surface area (Å²) < 4.78 is 10.4. The topological polar surface area (TPSA) is 129 Å². The zero-order valence-corrected chi connectivity index (χ0v) is 23.2. The van der Waals surface area contributed by atoms with Crippen molar-refractivity contribution in [3.8, 4) is 5.75 Å². The van der Waals surface area contributed by atoms with Gasteiger partial charge in [0, 0.05) is 50.5 Å². The molecule has 0 aliphatic carbocycles. The maximum Gasteiger partial charge on any atom is 0.322 e. The minimum absolute atomic E-state index is 0.0488. The molecule has 4 amide bonds. The number of hydrogen-bond donors (Lipinski definition) is 3. The number of piperidine rings is 1. The van der Waals surface area contributed by atoms with Gasteiger partial charge in [0.05, 0.1) is 31.3 Å². The van der Waals surface area contributed by atoms with Crippen molar-refractivity contribution in [1.82, 2.24) is 25.1 Å². The van der Waals surface area contributed by atoms with Crippen LogP contribution in [-0.4, -0.2) is 90.7 Å². The highest BCUT2D eigenvalue weighted by molar-refractivity contribution is 5.99. The highest BCUT2D eigenvalue weighted by atomic mass is 16.5. The summed E-state index contributed by atoms with van der Waals surface area (Å²) in [6.07, 6.45) is 2.76. The smallest absolute Gasteiger partial charge is 0.322 e. The number of amides is 4. The molecule has 11 heteroatoms. The van der Waals surface area contributed by atoms with Gasteiger partial charge in [-0.25, -0.2) is 9.78 Å². The third-order valence-electron chi connectivity index (χ3n) is 7.73. The molecule has 1 fully saturated rings. The Morgan fingerprint density at radius 1 is 1.12 bits per heavy atom. The number of aromatic nitrogens is 2. The number of benzene rings is 2. The summed E-state index contributed by atoms with van der Waals surface area (Å²) in [5.74, 6) is 1.13. The van der Waals surface area contributed by atoms with Crippen LogP contribution in [0.5, 0.6) is 5.75 Å². The van der Waals surface area contributed by atoms with E-state index in [1.54, 1.807) is 31.3 Å². The number of methoxy groups -OCH3 is 2. The van der Waals surface area contributed by atoms with Crippen LogP contribution in [0.25, 0.3) is 11.0 Å². The highest BCUT2D eigenvalue weighted by Gasteiger charge is 2.31. The fourth-order valence-corrected chi connectivity index (χ4v) is 5.49. The third kappa shape index (κ3) is 5.89. The minimum atomic E-state index is -0.307. The number of imidazole rings is 1. The lowest BCUT2D eigenvalue weighted by Crippen LogP contribution is -2.51. The number of H-pyrrole nitrogens is 1. The van der Waals surface area contributed by atoms with Crippen molar-refractivity contribution in [2.45, 2.75) is 38.6 Å². The van der Waals surface area contributed by atoms with E-state index in [4.69, 9.17) is 9.47 Å². The summed E-state index contributed by atoms with van der Waals surface area (Å²) in [6.45, 7) is 4.07. The van der Waals surface area contributed by atoms with Gasteiger partial charge in [-0.15, -0.1) is 0 Å². The van der Waals surface area contributed by atoms with Gasteiger partial charge in [0.2, 0.25) is 5.91 Å². The van der Waals surface area contributed by atoms with Crippen molar-refractivity contribution >= 4 is 34.6 Å². The fraction of sp³-hybridized carbons (Fsp3) is 0.448. The van der Waals surface area contributed by atoms with Crippen LogP contribution in [-0.2, 0) is 22.4 Å². The first kappa shape index (κ1) is 27.4. The second-order valence-corrected chi connectivity index (χ2v) is 10.3. The first-order chi connectivity index (χ1) is 19.4. The van der Waals surface area contributed by atoms with Gasteiger partial charge in [-0.05, 0) is 67.6 Å². The van der Waals surface area contributed by atoms with Crippen LogP contribution in [0, 0.1) is 6.92 Å². The molecular weight excluding hydrogens is 512 g/mol. The van der Waals surface area contributed by atoms with Crippen LogP contribution in [0.2, 0.25) is 0 Å². The Kier molecular flexibility index (Phi) is 8.20. The molecule has 2 aromatic carbocycles. The molecule has 40 heavy (non-hydrogen) atoms. The summed E-state index contributed by atoms with van der Waals surface area (Å²) in [5.41, 5.74) is 4.82. The van der Waals surface area contributed by atoms with Crippen molar-refractivity contribution in [2.24, 2.45) is 0 Å². The number of likely N-dealkylation sites (tertiary alicyclic amines) is 1. The first-order valence-corrected chi connectivity index (χ1v) is 13.6. The molecule has 0 radical (unpaired) electrons. The van der Waals surface area contributed by atoms with Gasteiger partial charge >= 0.3 is 6.03 Å². The predicted molar refractivity (Wildman–Crippen MR) is 151 cm³/mol. The van der Waals surface area contributed by atoms with Crippen LogP contribution in [0.1, 0.15) is 40.2 Å². The van der Waals surface area contributed by atoms with Crippen LogP contribution >= 0.6 is 0 Å². The Morgan fingerprint density at radius 2 is 1.93 bits per heavy atom. The number of urea groups is 1. The Balaban J connectivity index is 1.13. The van der Waals surface area contributed by atoms with Gasteiger partial charge in [-0.1, -0.05) is 0 Å². The summed E-state index contributed by atoms with van der Waals surface area (Å²) in [7, 11) is 3.27.